The lowest BCUT2D eigenvalue weighted by molar-refractivity contribution is 0.0209. The summed E-state index contributed by atoms with van der Waals surface area (Å²) in [5.74, 6) is 1.59. The van der Waals surface area contributed by atoms with Gasteiger partial charge in [-0.1, -0.05) is 6.07 Å². The molecule has 36 heavy (non-hydrogen) atoms. The van der Waals surface area contributed by atoms with Gasteiger partial charge >= 0.3 is 0 Å². The highest BCUT2D eigenvalue weighted by Gasteiger charge is 2.35. The van der Waals surface area contributed by atoms with Gasteiger partial charge in [-0.15, -0.1) is 0 Å². The largest absolute Gasteiger partial charge is 0.486 e. The molecule has 0 spiro atoms. The van der Waals surface area contributed by atoms with Gasteiger partial charge in [0.05, 0.1) is 30.1 Å². The number of piperazine rings is 1. The summed E-state index contributed by atoms with van der Waals surface area (Å²) in [5, 5.41) is 9.13. The van der Waals surface area contributed by atoms with Crippen LogP contribution < -0.4 is 19.9 Å². The maximum Gasteiger partial charge on any atom is 0.267 e. The summed E-state index contributed by atoms with van der Waals surface area (Å²) in [6.45, 7) is 12.8. The number of imidazole rings is 1. The van der Waals surface area contributed by atoms with Crippen molar-refractivity contribution >= 4 is 11.3 Å². The third-order valence-electron chi connectivity index (χ3n) is 7.38. The smallest absolute Gasteiger partial charge is 0.267 e. The van der Waals surface area contributed by atoms with E-state index in [1.165, 1.54) is 10.2 Å². The Bertz CT molecular complexity index is 1400. The minimum atomic E-state index is -0.347. The predicted molar refractivity (Wildman–Crippen MR) is 138 cm³/mol. The van der Waals surface area contributed by atoms with Crippen LogP contribution in [0.3, 0.4) is 0 Å². The highest BCUT2D eigenvalue weighted by atomic mass is 16.6. The molecule has 3 atom stereocenters. The Hall–Kier alpha value is -3.51. The molecule has 1 fully saturated rings. The molecule has 2 aromatic heterocycles. The van der Waals surface area contributed by atoms with Gasteiger partial charge < -0.3 is 14.4 Å². The second kappa shape index (κ2) is 8.86. The van der Waals surface area contributed by atoms with Crippen LogP contribution in [0.15, 0.2) is 35.3 Å². The van der Waals surface area contributed by atoms with Gasteiger partial charge in [0, 0.05) is 44.3 Å². The lowest BCUT2D eigenvalue weighted by Gasteiger charge is -2.47. The van der Waals surface area contributed by atoms with Crippen molar-refractivity contribution in [2.45, 2.75) is 64.8 Å². The fourth-order valence-electron chi connectivity index (χ4n) is 5.36. The van der Waals surface area contributed by atoms with E-state index in [9.17, 15) is 4.79 Å². The van der Waals surface area contributed by atoms with Crippen LogP contribution in [0.4, 0.5) is 5.69 Å². The van der Waals surface area contributed by atoms with Crippen LogP contribution in [0.25, 0.3) is 5.65 Å². The van der Waals surface area contributed by atoms with Crippen LogP contribution in [-0.2, 0) is 13.5 Å². The van der Waals surface area contributed by atoms with Crippen molar-refractivity contribution in [3.63, 3.8) is 0 Å². The van der Waals surface area contributed by atoms with Crippen molar-refractivity contribution in [1.29, 1.82) is 5.26 Å². The Morgan fingerprint density at radius 2 is 1.97 bits per heavy atom. The van der Waals surface area contributed by atoms with Crippen LogP contribution >= 0.6 is 0 Å². The molecule has 0 bridgehead atoms. The zero-order valence-electron chi connectivity index (χ0n) is 21.9. The molecule has 4 heterocycles. The van der Waals surface area contributed by atoms with Gasteiger partial charge in [0.15, 0.2) is 17.1 Å². The average Bonchev–Trinajstić information content (AvgIpc) is 3.25. The molecular formula is C27H34N6O3. The summed E-state index contributed by atoms with van der Waals surface area (Å²) in [4.78, 5) is 22.2. The number of anilines is 1. The zero-order chi connectivity index (χ0) is 25.8. The normalized spacial score (nSPS) is 22.4. The molecule has 2 aliphatic rings. The van der Waals surface area contributed by atoms with Crippen molar-refractivity contribution in [2.24, 2.45) is 7.05 Å². The predicted octanol–water partition coefficient (Wildman–Crippen LogP) is 3.31. The molecule has 0 saturated carbocycles. The van der Waals surface area contributed by atoms with Crippen LogP contribution in [0.1, 0.15) is 51.9 Å². The molecule has 9 nitrogen and oxygen atoms in total. The first-order chi connectivity index (χ1) is 17.1. The fourth-order valence-corrected chi connectivity index (χ4v) is 5.36. The monoisotopic (exact) mass is 490 g/mol. The Morgan fingerprint density at radius 1 is 1.19 bits per heavy atom. The summed E-state index contributed by atoms with van der Waals surface area (Å²) >= 11 is 0. The average molecular weight is 491 g/mol. The summed E-state index contributed by atoms with van der Waals surface area (Å²) in [6.07, 6.45) is 1.98. The third-order valence-corrected chi connectivity index (χ3v) is 7.38. The van der Waals surface area contributed by atoms with E-state index in [1.54, 1.807) is 23.8 Å². The van der Waals surface area contributed by atoms with E-state index in [1.807, 2.05) is 19.9 Å². The first-order valence-corrected chi connectivity index (χ1v) is 12.5. The fraction of sp³-hybridized carbons (Fsp3) is 0.519. The second-order valence-electron chi connectivity index (χ2n) is 10.7. The number of nitrogens with zero attached hydrogens (tertiary/aromatic N) is 6. The molecule has 5 rings (SSSR count). The van der Waals surface area contributed by atoms with E-state index in [0.29, 0.717) is 17.9 Å². The summed E-state index contributed by atoms with van der Waals surface area (Å²) in [5.41, 5.74) is 2.92. The third kappa shape index (κ3) is 4.20. The highest BCUT2D eigenvalue weighted by Crippen LogP contribution is 2.39. The molecule has 0 aliphatic carbocycles. The molecule has 190 valence electrons. The lowest BCUT2D eigenvalue weighted by atomic mass is 9.99. The van der Waals surface area contributed by atoms with Crippen molar-refractivity contribution in [2.75, 3.05) is 24.6 Å². The van der Waals surface area contributed by atoms with Crippen LogP contribution in [0.2, 0.25) is 0 Å². The Kier molecular flexibility index (Phi) is 5.95. The maximum absolute atomic E-state index is 12.8. The SMILES string of the molecule is CC(c1ccc2c(c1)OC(C)(C)CO2)N1C[C@H](C)N(c2cc(=O)n(C)n3cc(CC#N)nc23)C[C@H]1C. The molecule has 3 aromatic rings. The Labute approximate surface area is 211 Å². The molecular weight excluding hydrogens is 456 g/mol. The second-order valence-corrected chi connectivity index (χ2v) is 10.7. The van der Waals surface area contributed by atoms with Gasteiger partial charge in [0.2, 0.25) is 0 Å². The minimum absolute atomic E-state index is 0.103. The van der Waals surface area contributed by atoms with Crippen LogP contribution in [0, 0.1) is 11.3 Å². The molecule has 2 aliphatic heterocycles. The van der Waals surface area contributed by atoms with Crippen molar-refractivity contribution in [3.05, 3.63) is 52.1 Å². The van der Waals surface area contributed by atoms with Crippen molar-refractivity contribution < 1.29 is 9.47 Å². The summed E-state index contributed by atoms with van der Waals surface area (Å²) in [7, 11) is 1.72. The number of benzene rings is 1. The van der Waals surface area contributed by atoms with Gasteiger partial charge in [-0.3, -0.25) is 9.69 Å². The van der Waals surface area contributed by atoms with Gasteiger partial charge in [0.25, 0.3) is 5.56 Å². The first kappa shape index (κ1) is 24.2. The number of rotatable bonds is 4. The van der Waals surface area contributed by atoms with Gasteiger partial charge in [-0.2, -0.15) is 5.26 Å². The van der Waals surface area contributed by atoms with E-state index in [-0.39, 0.29) is 35.7 Å². The molecule has 0 amide bonds. The topological polar surface area (TPSA) is 88.0 Å². The van der Waals surface area contributed by atoms with Crippen molar-refractivity contribution in [1.82, 2.24) is 19.1 Å². The first-order valence-electron chi connectivity index (χ1n) is 12.5. The Morgan fingerprint density at radius 3 is 2.72 bits per heavy atom. The number of aryl methyl sites for hydroxylation is 1. The number of hydrogen-bond donors (Lipinski definition) is 0. The molecule has 0 N–H and O–H groups in total. The molecule has 0 radical (unpaired) electrons. The Balaban J connectivity index is 1.42. The number of hydrogen-bond acceptors (Lipinski definition) is 7. The van der Waals surface area contributed by atoms with E-state index < -0.39 is 0 Å². The molecule has 1 aromatic carbocycles. The van der Waals surface area contributed by atoms with Gasteiger partial charge in [0.1, 0.15) is 12.2 Å². The number of aromatic nitrogens is 3. The molecule has 9 heteroatoms. The summed E-state index contributed by atoms with van der Waals surface area (Å²) in [6, 6.07) is 10.6. The van der Waals surface area contributed by atoms with Gasteiger partial charge in [-0.05, 0) is 52.3 Å². The standard InChI is InChI=1S/C27H34N6O3/c1-17-14-32(22-12-25(34)30(6)33-15-21(9-10-28)29-26(22)33)18(2)13-31(17)19(3)20-7-8-23-24(11-20)36-27(4,5)16-35-23/h7-8,11-12,15,17-19H,9,13-14,16H2,1-6H3/t17-,18+,19?/m1/s1. The lowest BCUT2D eigenvalue weighted by Crippen LogP contribution is -2.57. The van der Waals surface area contributed by atoms with E-state index in [2.05, 4.69) is 48.8 Å². The van der Waals surface area contributed by atoms with E-state index in [4.69, 9.17) is 19.7 Å². The number of fused-ring (bicyclic) bond motifs is 2. The molecule has 1 saturated heterocycles. The van der Waals surface area contributed by atoms with Crippen LogP contribution in [-0.4, -0.2) is 56.5 Å². The zero-order valence-corrected chi connectivity index (χ0v) is 21.9. The van der Waals surface area contributed by atoms with E-state index >= 15 is 0 Å². The summed E-state index contributed by atoms with van der Waals surface area (Å²) < 4.78 is 15.4. The number of nitriles is 1. The van der Waals surface area contributed by atoms with Gasteiger partial charge in [-0.25, -0.2) is 14.2 Å². The molecule has 1 unspecified atom stereocenters. The van der Waals surface area contributed by atoms with Crippen LogP contribution in [0.5, 0.6) is 11.5 Å². The maximum atomic E-state index is 12.8. The number of ether oxygens (including phenoxy) is 2. The highest BCUT2D eigenvalue weighted by molar-refractivity contribution is 5.69. The van der Waals surface area contributed by atoms with Crippen molar-refractivity contribution in [3.8, 4) is 17.6 Å². The minimum Gasteiger partial charge on any atom is -0.486 e. The quantitative estimate of drug-likeness (QED) is 0.554. The van der Waals surface area contributed by atoms with E-state index in [0.717, 1.165) is 30.3 Å².